The zero-order chi connectivity index (χ0) is 14.7. The third kappa shape index (κ3) is 3.41. The summed E-state index contributed by atoms with van der Waals surface area (Å²) in [4.78, 5) is 14.5. The van der Waals surface area contributed by atoms with E-state index in [-0.39, 0.29) is 5.91 Å². The molecule has 0 spiro atoms. The predicted octanol–water partition coefficient (Wildman–Crippen LogP) is 5.03. The first-order valence-electron chi connectivity index (χ1n) is 6.36. The van der Waals surface area contributed by atoms with Crippen molar-refractivity contribution in [3.05, 3.63) is 61.6 Å². The van der Waals surface area contributed by atoms with Crippen LogP contribution >= 0.6 is 38.5 Å². The minimum absolute atomic E-state index is 0.0155. The van der Waals surface area contributed by atoms with Crippen LogP contribution in [0.1, 0.15) is 22.8 Å². The lowest BCUT2D eigenvalue weighted by atomic mass is 10.1. The Morgan fingerprint density at radius 3 is 2.45 bits per heavy atom. The highest BCUT2D eigenvalue weighted by molar-refractivity contribution is 14.1. The third-order valence-corrected chi connectivity index (χ3v) is 4.43. The molecule has 0 bridgehead atoms. The van der Waals surface area contributed by atoms with Gasteiger partial charge >= 0.3 is 0 Å². The standard InChI is InChI=1S/C16H15BrINO/c1-3-19(13-7-4-11(2)5-8-13)16(20)14-10-12(18)6-9-15(14)17/h4-10H,3H2,1-2H3. The molecule has 0 aliphatic carbocycles. The highest BCUT2D eigenvalue weighted by Crippen LogP contribution is 2.24. The number of anilines is 1. The van der Waals surface area contributed by atoms with E-state index in [9.17, 15) is 4.79 Å². The molecule has 0 N–H and O–H groups in total. The summed E-state index contributed by atoms with van der Waals surface area (Å²) in [7, 11) is 0. The molecule has 0 aromatic heterocycles. The Morgan fingerprint density at radius 1 is 1.20 bits per heavy atom. The SMILES string of the molecule is CCN(C(=O)c1cc(I)ccc1Br)c1ccc(C)cc1. The summed E-state index contributed by atoms with van der Waals surface area (Å²) < 4.78 is 1.88. The Kier molecular flexibility index (Phi) is 5.21. The molecule has 104 valence electrons. The molecule has 2 aromatic rings. The molecule has 0 fully saturated rings. The number of nitrogens with zero attached hydrogens (tertiary/aromatic N) is 1. The Balaban J connectivity index is 2.38. The molecule has 2 nitrogen and oxygen atoms in total. The van der Waals surface area contributed by atoms with E-state index in [4.69, 9.17) is 0 Å². The topological polar surface area (TPSA) is 20.3 Å². The van der Waals surface area contributed by atoms with E-state index in [1.54, 1.807) is 4.90 Å². The molecule has 0 saturated carbocycles. The zero-order valence-corrected chi connectivity index (χ0v) is 15.1. The van der Waals surface area contributed by atoms with Crippen molar-refractivity contribution >= 4 is 50.1 Å². The first kappa shape index (κ1) is 15.5. The molecule has 0 atom stereocenters. The largest absolute Gasteiger partial charge is 0.309 e. The molecule has 20 heavy (non-hydrogen) atoms. The minimum atomic E-state index is 0.0155. The fourth-order valence-electron chi connectivity index (χ4n) is 1.97. The normalized spacial score (nSPS) is 10.4. The average molecular weight is 444 g/mol. The van der Waals surface area contributed by atoms with Gasteiger partial charge in [-0.3, -0.25) is 4.79 Å². The van der Waals surface area contributed by atoms with Crippen LogP contribution < -0.4 is 4.90 Å². The van der Waals surface area contributed by atoms with Crippen LogP contribution in [0.4, 0.5) is 5.69 Å². The van der Waals surface area contributed by atoms with Crippen molar-refractivity contribution in [2.24, 2.45) is 0 Å². The summed E-state index contributed by atoms with van der Waals surface area (Å²) in [5, 5.41) is 0. The number of carbonyl (C=O) groups is 1. The van der Waals surface area contributed by atoms with E-state index in [0.717, 1.165) is 13.7 Å². The lowest BCUT2D eigenvalue weighted by Gasteiger charge is -2.22. The molecule has 0 radical (unpaired) electrons. The third-order valence-electron chi connectivity index (χ3n) is 3.07. The summed E-state index contributed by atoms with van der Waals surface area (Å²) in [6.07, 6.45) is 0. The predicted molar refractivity (Wildman–Crippen MR) is 95.4 cm³/mol. The Labute approximate surface area is 141 Å². The van der Waals surface area contributed by atoms with Gasteiger partial charge in [-0.05, 0) is 82.7 Å². The Morgan fingerprint density at radius 2 is 1.85 bits per heavy atom. The van der Waals surface area contributed by atoms with E-state index < -0.39 is 0 Å². The van der Waals surface area contributed by atoms with Crippen LogP contribution in [-0.4, -0.2) is 12.5 Å². The lowest BCUT2D eigenvalue weighted by Crippen LogP contribution is -2.30. The molecule has 2 aromatic carbocycles. The fraction of sp³-hybridized carbons (Fsp3) is 0.188. The highest BCUT2D eigenvalue weighted by atomic mass is 127. The van der Waals surface area contributed by atoms with Crippen LogP contribution in [0.2, 0.25) is 0 Å². The van der Waals surface area contributed by atoms with Crippen LogP contribution in [0.5, 0.6) is 0 Å². The second-order valence-corrected chi connectivity index (χ2v) is 6.61. The molecule has 0 aliphatic rings. The number of benzene rings is 2. The van der Waals surface area contributed by atoms with Crippen molar-refractivity contribution in [1.82, 2.24) is 0 Å². The van der Waals surface area contributed by atoms with Crippen LogP contribution in [0, 0.1) is 10.5 Å². The fourth-order valence-corrected chi connectivity index (χ4v) is 2.88. The van der Waals surface area contributed by atoms with Crippen LogP contribution in [0.15, 0.2) is 46.9 Å². The van der Waals surface area contributed by atoms with Crippen molar-refractivity contribution < 1.29 is 4.79 Å². The molecular formula is C16H15BrINO. The van der Waals surface area contributed by atoms with Gasteiger partial charge in [-0.2, -0.15) is 0 Å². The number of carbonyl (C=O) groups excluding carboxylic acids is 1. The second kappa shape index (κ2) is 6.72. The minimum Gasteiger partial charge on any atom is -0.309 e. The number of amides is 1. The molecule has 1 amide bonds. The van der Waals surface area contributed by atoms with Crippen LogP contribution in [0.3, 0.4) is 0 Å². The van der Waals surface area contributed by atoms with E-state index in [1.165, 1.54) is 5.56 Å². The lowest BCUT2D eigenvalue weighted by molar-refractivity contribution is 0.0987. The molecule has 0 unspecified atom stereocenters. The van der Waals surface area contributed by atoms with Crippen molar-refractivity contribution in [3.63, 3.8) is 0 Å². The maximum atomic E-state index is 12.7. The molecule has 0 heterocycles. The maximum Gasteiger partial charge on any atom is 0.259 e. The van der Waals surface area contributed by atoms with E-state index >= 15 is 0 Å². The number of aryl methyl sites for hydroxylation is 1. The van der Waals surface area contributed by atoms with E-state index in [1.807, 2.05) is 56.3 Å². The van der Waals surface area contributed by atoms with Gasteiger partial charge in [0.15, 0.2) is 0 Å². The van der Waals surface area contributed by atoms with Crippen LogP contribution in [0.25, 0.3) is 0 Å². The highest BCUT2D eigenvalue weighted by Gasteiger charge is 2.18. The van der Waals surface area contributed by atoms with Gasteiger partial charge in [0.1, 0.15) is 0 Å². The van der Waals surface area contributed by atoms with Crippen molar-refractivity contribution in [2.75, 3.05) is 11.4 Å². The molecule has 0 aliphatic heterocycles. The molecule has 2 rings (SSSR count). The summed E-state index contributed by atoms with van der Waals surface area (Å²) in [6.45, 7) is 4.66. The number of halogens is 2. The second-order valence-electron chi connectivity index (χ2n) is 4.51. The van der Waals surface area contributed by atoms with Crippen molar-refractivity contribution in [3.8, 4) is 0 Å². The summed E-state index contributed by atoms with van der Waals surface area (Å²) in [6, 6.07) is 13.8. The van der Waals surface area contributed by atoms with Gasteiger partial charge in [0.25, 0.3) is 5.91 Å². The van der Waals surface area contributed by atoms with E-state index in [2.05, 4.69) is 38.5 Å². The first-order chi connectivity index (χ1) is 9.52. The van der Waals surface area contributed by atoms with Gasteiger partial charge in [-0.1, -0.05) is 17.7 Å². The zero-order valence-electron chi connectivity index (χ0n) is 11.4. The number of hydrogen-bond donors (Lipinski definition) is 0. The smallest absolute Gasteiger partial charge is 0.259 e. The summed E-state index contributed by atoms with van der Waals surface area (Å²) >= 11 is 5.68. The molecule has 0 saturated heterocycles. The quantitative estimate of drug-likeness (QED) is 0.609. The average Bonchev–Trinajstić information content (AvgIpc) is 2.44. The van der Waals surface area contributed by atoms with Crippen LogP contribution in [-0.2, 0) is 0 Å². The molecular weight excluding hydrogens is 429 g/mol. The van der Waals surface area contributed by atoms with Crippen molar-refractivity contribution in [1.29, 1.82) is 0 Å². The maximum absolute atomic E-state index is 12.7. The molecule has 4 heteroatoms. The monoisotopic (exact) mass is 443 g/mol. The Bertz CT molecular complexity index is 625. The first-order valence-corrected chi connectivity index (χ1v) is 8.23. The summed E-state index contributed by atoms with van der Waals surface area (Å²) in [5.74, 6) is 0.0155. The Hall–Kier alpha value is -0.880. The van der Waals surface area contributed by atoms with Gasteiger partial charge < -0.3 is 4.90 Å². The van der Waals surface area contributed by atoms with Crippen molar-refractivity contribution in [2.45, 2.75) is 13.8 Å². The van der Waals surface area contributed by atoms with Gasteiger partial charge in [0.05, 0.1) is 5.56 Å². The summed E-state index contributed by atoms with van der Waals surface area (Å²) in [5.41, 5.74) is 2.81. The van der Waals surface area contributed by atoms with Gasteiger partial charge in [0.2, 0.25) is 0 Å². The number of hydrogen-bond acceptors (Lipinski definition) is 1. The number of rotatable bonds is 3. The van der Waals surface area contributed by atoms with Gasteiger partial charge in [-0.15, -0.1) is 0 Å². The van der Waals surface area contributed by atoms with Gasteiger partial charge in [-0.25, -0.2) is 0 Å². The van der Waals surface area contributed by atoms with E-state index in [0.29, 0.717) is 12.1 Å². The van der Waals surface area contributed by atoms with Gasteiger partial charge in [0, 0.05) is 20.3 Å².